The first-order chi connectivity index (χ1) is 13.6. The number of rotatable bonds is 4. The second-order valence-corrected chi connectivity index (χ2v) is 7.90. The Labute approximate surface area is 170 Å². The molecule has 2 aromatic rings. The maximum absolute atomic E-state index is 14.2. The predicted octanol–water partition coefficient (Wildman–Crippen LogP) is 4.91. The maximum atomic E-state index is 14.2. The van der Waals surface area contributed by atoms with Gasteiger partial charge < -0.3 is 14.4 Å². The molecule has 28 heavy (non-hydrogen) atoms. The topological polar surface area (TPSA) is 24.9 Å². The first kappa shape index (κ1) is 19.3. The van der Waals surface area contributed by atoms with Crippen molar-refractivity contribution >= 4 is 17.3 Å². The van der Waals surface area contributed by atoms with Crippen molar-refractivity contribution in [2.45, 2.75) is 31.3 Å². The number of halogens is 2. The van der Waals surface area contributed by atoms with Gasteiger partial charge in [-0.3, -0.25) is 4.90 Å². The smallest absolute Gasteiger partial charge is 0.165 e. The van der Waals surface area contributed by atoms with Crippen LogP contribution in [-0.4, -0.2) is 44.8 Å². The van der Waals surface area contributed by atoms with Crippen molar-refractivity contribution in [2.75, 3.05) is 38.8 Å². The van der Waals surface area contributed by atoms with Crippen molar-refractivity contribution in [3.8, 4) is 11.5 Å². The third-order valence-corrected chi connectivity index (χ3v) is 6.32. The molecule has 2 atom stereocenters. The zero-order chi connectivity index (χ0) is 19.7. The molecule has 0 saturated carbocycles. The Balaban J connectivity index is 1.52. The highest BCUT2D eigenvalue weighted by Gasteiger charge is 2.36. The highest BCUT2D eigenvalue weighted by Crippen LogP contribution is 2.38. The minimum Gasteiger partial charge on any atom is -0.495 e. The van der Waals surface area contributed by atoms with Crippen molar-refractivity contribution < 1.29 is 13.9 Å². The summed E-state index contributed by atoms with van der Waals surface area (Å²) in [7, 11) is 3.14. The van der Waals surface area contributed by atoms with Gasteiger partial charge in [0.15, 0.2) is 11.6 Å². The highest BCUT2D eigenvalue weighted by atomic mass is 35.5. The Kier molecular flexibility index (Phi) is 5.65. The number of fused-ring (bicyclic) bond motifs is 1. The third kappa shape index (κ3) is 3.65. The quantitative estimate of drug-likeness (QED) is 0.722. The molecular formula is C22H26ClFN2O2. The molecule has 2 aromatic carbocycles. The lowest BCUT2D eigenvalue weighted by atomic mass is 9.89. The predicted molar refractivity (Wildman–Crippen MR) is 110 cm³/mol. The van der Waals surface area contributed by atoms with E-state index < -0.39 is 0 Å². The summed E-state index contributed by atoms with van der Waals surface area (Å²) in [6, 6.07) is 12.1. The van der Waals surface area contributed by atoms with Crippen LogP contribution < -0.4 is 14.4 Å². The van der Waals surface area contributed by atoms with E-state index >= 15 is 0 Å². The number of benzene rings is 2. The molecule has 0 spiro atoms. The first-order valence-electron chi connectivity index (χ1n) is 9.78. The minimum atomic E-state index is -0.283. The van der Waals surface area contributed by atoms with Crippen LogP contribution >= 0.6 is 11.6 Å². The minimum absolute atomic E-state index is 0.265. The lowest BCUT2D eigenvalue weighted by Crippen LogP contribution is -2.55. The third-order valence-electron chi connectivity index (χ3n) is 6.00. The zero-order valence-electron chi connectivity index (χ0n) is 16.3. The van der Waals surface area contributed by atoms with Crippen LogP contribution in [0, 0.1) is 5.82 Å². The lowest BCUT2D eigenvalue weighted by molar-refractivity contribution is 0.0714. The number of piperidine rings is 1. The highest BCUT2D eigenvalue weighted by molar-refractivity contribution is 6.32. The monoisotopic (exact) mass is 404 g/mol. The van der Waals surface area contributed by atoms with Gasteiger partial charge in [-0.15, -0.1) is 0 Å². The van der Waals surface area contributed by atoms with Crippen molar-refractivity contribution in [3.63, 3.8) is 0 Å². The molecule has 2 unspecified atom stereocenters. The molecule has 0 amide bonds. The van der Waals surface area contributed by atoms with Gasteiger partial charge in [-0.2, -0.15) is 0 Å². The first-order valence-corrected chi connectivity index (χ1v) is 10.2. The van der Waals surface area contributed by atoms with Crippen molar-refractivity contribution in [2.24, 2.45) is 0 Å². The number of hydrogen-bond acceptors (Lipinski definition) is 4. The van der Waals surface area contributed by atoms with E-state index in [4.69, 9.17) is 21.1 Å². The molecule has 4 nitrogen and oxygen atoms in total. The van der Waals surface area contributed by atoms with Crippen LogP contribution in [0.2, 0.25) is 5.02 Å². The van der Waals surface area contributed by atoms with Crippen LogP contribution in [0.5, 0.6) is 11.5 Å². The molecule has 4 rings (SSSR count). The average Bonchev–Trinajstić information content (AvgIpc) is 2.73. The number of anilines is 1. The summed E-state index contributed by atoms with van der Waals surface area (Å²) in [6.45, 7) is 2.84. The Bertz CT molecular complexity index is 847. The van der Waals surface area contributed by atoms with Crippen LogP contribution in [0.25, 0.3) is 0 Å². The van der Waals surface area contributed by atoms with Gasteiger partial charge in [0.05, 0.1) is 19.2 Å². The fourth-order valence-corrected chi connectivity index (χ4v) is 4.77. The van der Waals surface area contributed by atoms with E-state index in [1.807, 2.05) is 18.2 Å². The van der Waals surface area contributed by atoms with Gasteiger partial charge >= 0.3 is 0 Å². The van der Waals surface area contributed by atoms with Gasteiger partial charge in [0.1, 0.15) is 5.75 Å². The molecule has 2 fully saturated rings. The molecule has 0 radical (unpaired) electrons. The van der Waals surface area contributed by atoms with E-state index in [0.29, 0.717) is 22.6 Å². The van der Waals surface area contributed by atoms with Crippen LogP contribution in [0.15, 0.2) is 36.4 Å². The number of ether oxygens (including phenoxy) is 2. The van der Waals surface area contributed by atoms with E-state index in [1.165, 1.54) is 7.11 Å². The van der Waals surface area contributed by atoms with Crippen molar-refractivity contribution in [1.29, 1.82) is 0 Å². The van der Waals surface area contributed by atoms with Gasteiger partial charge in [-0.1, -0.05) is 17.7 Å². The molecule has 2 heterocycles. The zero-order valence-corrected chi connectivity index (χ0v) is 17.1. The summed E-state index contributed by atoms with van der Waals surface area (Å²) in [5, 5.41) is 0.629. The van der Waals surface area contributed by atoms with E-state index in [0.717, 1.165) is 50.1 Å². The summed E-state index contributed by atoms with van der Waals surface area (Å²) in [4.78, 5) is 4.95. The molecule has 2 aliphatic heterocycles. The fourth-order valence-electron chi connectivity index (χ4n) is 4.58. The van der Waals surface area contributed by atoms with E-state index in [2.05, 4.69) is 15.9 Å². The Morgan fingerprint density at radius 3 is 2.57 bits per heavy atom. The molecular weight excluding hydrogens is 379 g/mol. The second-order valence-electron chi connectivity index (χ2n) is 7.50. The van der Waals surface area contributed by atoms with Crippen LogP contribution in [0.3, 0.4) is 0 Å². The van der Waals surface area contributed by atoms with Gasteiger partial charge in [0, 0.05) is 43.5 Å². The largest absolute Gasteiger partial charge is 0.495 e. The fraction of sp³-hybridized carbons (Fsp3) is 0.455. The number of hydrogen-bond donors (Lipinski definition) is 0. The van der Waals surface area contributed by atoms with Gasteiger partial charge in [0.25, 0.3) is 0 Å². The number of piperazine rings is 1. The Hall–Kier alpha value is -1.98. The summed E-state index contributed by atoms with van der Waals surface area (Å²) in [5.74, 6) is 0.725. The molecule has 2 aliphatic rings. The van der Waals surface area contributed by atoms with Gasteiger partial charge in [0.2, 0.25) is 0 Å². The number of methoxy groups -OCH3 is 2. The SMILES string of the molecule is COc1ccc(C2CCCC3CN(c4ccc(Cl)c(OC)c4)CCN32)cc1F. The molecule has 150 valence electrons. The van der Waals surface area contributed by atoms with E-state index in [1.54, 1.807) is 19.2 Å². The molecule has 0 N–H and O–H groups in total. The Morgan fingerprint density at radius 1 is 1.00 bits per heavy atom. The molecule has 2 saturated heterocycles. The average molecular weight is 405 g/mol. The maximum Gasteiger partial charge on any atom is 0.165 e. The summed E-state index contributed by atoms with van der Waals surface area (Å²) in [6.07, 6.45) is 3.38. The summed E-state index contributed by atoms with van der Waals surface area (Å²) in [5.41, 5.74) is 2.18. The normalized spacial score (nSPS) is 22.6. The van der Waals surface area contributed by atoms with Crippen LogP contribution in [-0.2, 0) is 0 Å². The molecule has 6 heteroatoms. The van der Waals surface area contributed by atoms with E-state index in [9.17, 15) is 4.39 Å². The molecule has 0 bridgehead atoms. The standard InChI is InChI=1S/C22H26ClFN2O2/c1-27-21-9-6-15(12-19(21)24)20-5-3-4-17-14-25(10-11-26(17)20)16-7-8-18(23)22(13-16)28-2/h6-9,12-13,17,20H,3-5,10-11,14H2,1-2H3. The Morgan fingerprint density at radius 2 is 1.82 bits per heavy atom. The molecule has 0 aromatic heterocycles. The van der Waals surface area contributed by atoms with Crippen LogP contribution in [0.4, 0.5) is 10.1 Å². The lowest BCUT2D eigenvalue weighted by Gasteiger charge is -2.49. The van der Waals surface area contributed by atoms with E-state index in [-0.39, 0.29) is 11.9 Å². The van der Waals surface area contributed by atoms with Crippen molar-refractivity contribution in [3.05, 3.63) is 52.8 Å². The number of nitrogens with zero attached hydrogens (tertiary/aromatic N) is 2. The van der Waals surface area contributed by atoms with Crippen LogP contribution in [0.1, 0.15) is 30.9 Å². The summed E-state index contributed by atoms with van der Waals surface area (Å²) >= 11 is 6.18. The van der Waals surface area contributed by atoms with Gasteiger partial charge in [-0.05, 0) is 49.1 Å². The molecule has 0 aliphatic carbocycles. The summed E-state index contributed by atoms with van der Waals surface area (Å²) < 4.78 is 24.7. The second kappa shape index (κ2) is 8.18. The van der Waals surface area contributed by atoms with Gasteiger partial charge in [-0.25, -0.2) is 4.39 Å². The van der Waals surface area contributed by atoms with Crippen molar-refractivity contribution in [1.82, 2.24) is 4.90 Å².